The lowest BCUT2D eigenvalue weighted by Crippen LogP contribution is -2.23. The summed E-state index contributed by atoms with van der Waals surface area (Å²) in [5.41, 5.74) is 4.12. The molecule has 4 rings (SSSR count). The van der Waals surface area contributed by atoms with Gasteiger partial charge >= 0.3 is 5.76 Å². The van der Waals surface area contributed by atoms with Crippen molar-refractivity contribution in [3.63, 3.8) is 0 Å². The van der Waals surface area contributed by atoms with Crippen LogP contribution in [-0.4, -0.2) is 15.4 Å². The molecule has 2 N–H and O–H groups in total. The monoisotopic (exact) mass is 432 g/mol. The molecule has 0 fully saturated rings. The number of amides is 1. The quantitative estimate of drug-likeness (QED) is 0.437. The molecule has 10 heteroatoms. The second-order valence-electron chi connectivity index (χ2n) is 7.02. The smallest absolute Gasteiger partial charge is 0.407 e. The van der Waals surface area contributed by atoms with Gasteiger partial charge < -0.3 is 15.1 Å². The van der Waals surface area contributed by atoms with Crippen LogP contribution in [0.15, 0.2) is 45.6 Å². The molecule has 2 heterocycles. The summed E-state index contributed by atoms with van der Waals surface area (Å²) in [4.78, 5) is 34.4. The molecule has 30 heavy (non-hydrogen) atoms. The van der Waals surface area contributed by atoms with Crippen LogP contribution in [0, 0.1) is 10.1 Å². The number of non-ortho nitro benzene ring substituents is 1. The maximum Gasteiger partial charge on any atom is 0.419 e. The van der Waals surface area contributed by atoms with Crippen molar-refractivity contribution in [2.24, 2.45) is 0 Å². The Morgan fingerprint density at radius 3 is 2.80 bits per heavy atom. The van der Waals surface area contributed by atoms with Gasteiger partial charge in [-0.15, -0.1) is 12.4 Å². The Labute approximate surface area is 177 Å². The third kappa shape index (κ3) is 4.52. The minimum atomic E-state index is -0.590. The summed E-state index contributed by atoms with van der Waals surface area (Å²) in [5.74, 6) is -0.687. The van der Waals surface area contributed by atoms with Gasteiger partial charge in [-0.1, -0.05) is 18.2 Å². The van der Waals surface area contributed by atoms with Crippen molar-refractivity contribution in [2.45, 2.75) is 39.0 Å². The minimum Gasteiger partial charge on any atom is -0.407 e. The molecule has 1 amide bonds. The van der Waals surface area contributed by atoms with Crippen molar-refractivity contribution in [1.29, 1.82) is 0 Å². The number of halogens is 1. The van der Waals surface area contributed by atoms with Crippen LogP contribution < -0.4 is 16.4 Å². The first-order valence-electron chi connectivity index (χ1n) is 9.37. The number of benzene rings is 2. The van der Waals surface area contributed by atoms with E-state index in [0.29, 0.717) is 25.0 Å². The van der Waals surface area contributed by atoms with Gasteiger partial charge in [0.1, 0.15) is 0 Å². The average molecular weight is 433 g/mol. The van der Waals surface area contributed by atoms with Crippen molar-refractivity contribution in [3.8, 4) is 0 Å². The maximum atomic E-state index is 12.1. The molecular formula is C20H21ClN4O5. The first kappa shape index (κ1) is 21.5. The van der Waals surface area contributed by atoms with E-state index in [-0.39, 0.29) is 36.0 Å². The number of hydrogen-bond donors (Lipinski definition) is 2. The SMILES string of the molecule is Cl.O=C(CCCn1c(=O)oc2cc([N+](=O)[O-])ccc21)NCc1ccc2c(c1)CNC2. The molecule has 0 radical (unpaired) electrons. The highest BCUT2D eigenvalue weighted by atomic mass is 35.5. The summed E-state index contributed by atoms with van der Waals surface area (Å²) in [6, 6.07) is 10.2. The Kier molecular flexibility index (Phi) is 6.53. The number of carbonyl (C=O) groups excluding carboxylic acids is 1. The second kappa shape index (κ2) is 9.10. The topological polar surface area (TPSA) is 119 Å². The summed E-state index contributed by atoms with van der Waals surface area (Å²) in [6.07, 6.45) is 0.712. The Balaban J connectivity index is 0.00000256. The first-order chi connectivity index (χ1) is 14.0. The lowest BCUT2D eigenvalue weighted by molar-refractivity contribution is -0.384. The van der Waals surface area contributed by atoms with Crippen molar-refractivity contribution in [2.75, 3.05) is 0 Å². The normalized spacial score (nSPS) is 12.4. The zero-order chi connectivity index (χ0) is 20.4. The second-order valence-corrected chi connectivity index (χ2v) is 7.02. The summed E-state index contributed by atoms with van der Waals surface area (Å²) in [7, 11) is 0. The number of aryl methyl sites for hydroxylation is 1. The zero-order valence-corrected chi connectivity index (χ0v) is 16.9. The fraction of sp³-hybridized carbons (Fsp3) is 0.300. The number of hydrogen-bond acceptors (Lipinski definition) is 6. The van der Waals surface area contributed by atoms with E-state index in [9.17, 15) is 19.7 Å². The molecular weight excluding hydrogens is 412 g/mol. The minimum absolute atomic E-state index is 0. The highest BCUT2D eigenvalue weighted by Gasteiger charge is 2.14. The summed E-state index contributed by atoms with van der Waals surface area (Å²) < 4.78 is 6.48. The van der Waals surface area contributed by atoms with Gasteiger partial charge in [-0.2, -0.15) is 0 Å². The summed E-state index contributed by atoms with van der Waals surface area (Å²) >= 11 is 0. The van der Waals surface area contributed by atoms with Crippen molar-refractivity contribution >= 4 is 35.1 Å². The van der Waals surface area contributed by atoms with E-state index in [1.165, 1.54) is 33.9 Å². The lowest BCUT2D eigenvalue weighted by atomic mass is 10.1. The van der Waals surface area contributed by atoms with Gasteiger partial charge in [-0.3, -0.25) is 19.5 Å². The highest BCUT2D eigenvalue weighted by molar-refractivity contribution is 5.85. The Hall–Kier alpha value is -3.17. The molecule has 0 bridgehead atoms. The third-order valence-corrected chi connectivity index (χ3v) is 5.04. The third-order valence-electron chi connectivity index (χ3n) is 5.04. The first-order valence-corrected chi connectivity index (χ1v) is 9.37. The van der Waals surface area contributed by atoms with E-state index in [4.69, 9.17) is 4.42 Å². The highest BCUT2D eigenvalue weighted by Crippen LogP contribution is 2.20. The van der Waals surface area contributed by atoms with Crippen LogP contribution in [0.4, 0.5) is 5.69 Å². The predicted octanol–water partition coefficient (Wildman–Crippen LogP) is 2.62. The number of oxazole rings is 1. The summed E-state index contributed by atoms with van der Waals surface area (Å²) in [5, 5.41) is 17.0. The van der Waals surface area contributed by atoms with Crippen LogP contribution in [0.1, 0.15) is 29.5 Å². The van der Waals surface area contributed by atoms with Gasteiger partial charge in [0.05, 0.1) is 16.5 Å². The molecule has 158 valence electrons. The molecule has 0 spiro atoms. The maximum absolute atomic E-state index is 12.1. The molecule has 0 unspecified atom stereocenters. The Morgan fingerprint density at radius 2 is 2.00 bits per heavy atom. The lowest BCUT2D eigenvalue weighted by Gasteiger charge is -2.07. The molecule has 0 aliphatic carbocycles. The molecule has 1 aliphatic heterocycles. The fourth-order valence-electron chi connectivity index (χ4n) is 3.53. The summed E-state index contributed by atoms with van der Waals surface area (Å²) in [6.45, 7) is 2.50. The van der Waals surface area contributed by atoms with Crippen LogP contribution in [0.2, 0.25) is 0 Å². The number of nitrogens with zero attached hydrogens (tertiary/aromatic N) is 2. The average Bonchev–Trinajstić information content (AvgIpc) is 3.29. The largest absolute Gasteiger partial charge is 0.419 e. The number of carbonyl (C=O) groups is 1. The predicted molar refractivity (Wildman–Crippen MR) is 112 cm³/mol. The Bertz CT molecular complexity index is 1150. The van der Waals surface area contributed by atoms with Crippen LogP contribution in [0.5, 0.6) is 0 Å². The van der Waals surface area contributed by atoms with E-state index < -0.39 is 10.7 Å². The standard InChI is InChI=1S/C20H20N4O5.ClH/c25-19(22-10-13-3-4-14-11-21-12-15(14)8-13)2-1-7-23-17-6-5-16(24(27)28)9-18(17)29-20(23)26;/h3-6,8-9,21H,1-2,7,10-12H2,(H,22,25);1H. The number of nitrogens with one attached hydrogen (secondary N) is 2. The van der Waals surface area contributed by atoms with Crippen LogP contribution in [-0.2, 0) is 31.0 Å². The van der Waals surface area contributed by atoms with Crippen LogP contribution in [0.25, 0.3) is 11.1 Å². The van der Waals surface area contributed by atoms with Crippen LogP contribution in [0.3, 0.4) is 0 Å². The van der Waals surface area contributed by atoms with E-state index in [2.05, 4.69) is 22.8 Å². The zero-order valence-electron chi connectivity index (χ0n) is 16.1. The van der Waals surface area contributed by atoms with Gasteiger partial charge in [0, 0.05) is 38.7 Å². The van der Waals surface area contributed by atoms with Crippen molar-refractivity contribution in [3.05, 3.63) is 73.8 Å². The molecule has 0 saturated heterocycles. The van der Waals surface area contributed by atoms with E-state index >= 15 is 0 Å². The van der Waals surface area contributed by atoms with Crippen molar-refractivity contribution < 1.29 is 14.1 Å². The number of fused-ring (bicyclic) bond motifs is 2. The van der Waals surface area contributed by atoms with Gasteiger partial charge in [-0.25, -0.2) is 4.79 Å². The molecule has 9 nitrogen and oxygen atoms in total. The van der Waals surface area contributed by atoms with E-state index in [0.717, 1.165) is 18.7 Å². The van der Waals surface area contributed by atoms with E-state index in [1.54, 1.807) is 0 Å². The molecule has 0 saturated carbocycles. The van der Waals surface area contributed by atoms with Crippen molar-refractivity contribution in [1.82, 2.24) is 15.2 Å². The fourth-order valence-corrected chi connectivity index (χ4v) is 3.53. The molecule has 0 atom stereocenters. The molecule has 1 aromatic heterocycles. The van der Waals surface area contributed by atoms with Gasteiger partial charge in [0.25, 0.3) is 5.69 Å². The van der Waals surface area contributed by atoms with Gasteiger partial charge in [0.2, 0.25) is 5.91 Å². The van der Waals surface area contributed by atoms with Gasteiger partial charge in [0.15, 0.2) is 5.58 Å². The molecule has 1 aliphatic rings. The number of nitro groups is 1. The van der Waals surface area contributed by atoms with Crippen LogP contribution >= 0.6 is 12.4 Å². The number of rotatable bonds is 7. The van der Waals surface area contributed by atoms with Gasteiger partial charge in [-0.05, 0) is 29.2 Å². The number of nitro benzene ring substituents is 1. The van der Waals surface area contributed by atoms with E-state index in [1.807, 2.05) is 6.07 Å². The molecule has 2 aromatic carbocycles. The number of aromatic nitrogens is 1. The molecule has 3 aromatic rings. The Morgan fingerprint density at radius 1 is 1.20 bits per heavy atom.